The van der Waals surface area contributed by atoms with Gasteiger partial charge in [-0.1, -0.05) is 6.07 Å². The van der Waals surface area contributed by atoms with Crippen LogP contribution >= 0.6 is 12.0 Å². The number of hydrogen-bond donors (Lipinski definition) is 5. The number of amides is 3. The van der Waals surface area contributed by atoms with Crippen molar-refractivity contribution in [2.75, 3.05) is 11.9 Å². The van der Waals surface area contributed by atoms with Gasteiger partial charge in [0.05, 0.1) is 12.6 Å². The molecule has 1 unspecified atom stereocenters. The third kappa shape index (κ3) is 8.02. The Morgan fingerprint density at radius 1 is 1.39 bits per heavy atom. The van der Waals surface area contributed by atoms with Crippen LogP contribution in [0, 0.1) is 0 Å². The van der Waals surface area contributed by atoms with E-state index in [-0.39, 0.29) is 48.2 Å². The van der Waals surface area contributed by atoms with Crippen LogP contribution in [0.4, 0.5) is 10.5 Å². The largest absolute Gasteiger partial charge is 1.00 e. The van der Waals surface area contributed by atoms with Crippen LogP contribution in [0.15, 0.2) is 23.1 Å². The van der Waals surface area contributed by atoms with Gasteiger partial charge in [-0.05, 0) is 30.5 Å². The summed E-state index contributed by atoms with van der Waals surface area (Å²) in [5.41, 5.74) is 11.6. The molecule has 1 aromatic rings. The average Bonchev–Trinajstić information content (AvgIpc) is 2.50. The van der Waals surface area contributed by atoms with Gasteiger partial charge in [0, 0.05) is 17.1 Å². The first-order valence-electron chi connectivity index (χ1n) is 6.61. The normalized spacial score (nSPS) is 11.3. The van der Waals surface area contributed by atoms with Gasteiger partial charge in [0.2, 0.25) is 5.91 Å². The number of nitrogens with one attached hydrogen (secondary N) is 2. The zero-order valence-corrected chi connectivity index (χ0v) is 15.7. The first-order valence-corrected chi connectivity index (χ1v) is 7.35. The number of carbonyl (C=O) groups excluding carboxylic acids is 2. The van der Waals surface area contributed by atoms with E-state index in [1.165, 1.54) is 6.07 Å². The van der Waals surface area contributed by atoms with E-state index in [9.17, 15) is 14.1 Å². The van der Waals surface area contributed by atoms with Gasteiger partial charge in [0.25, 0.3) is 0 Å². The summed E-state index contributed by atoms with van der Waals surface area (Å²) in [5.74, 6) is -0.391. The average molecular weight is 350 g/mol. The zero-order valence-electron chi connectivity index (χ0n) is 12.9. The predicted molar refractivity (Wildman–Crippen MR) is 82.4 cm³/mol. The number of rotatable bonds is 8. The smallest absolute Gasteiger partial charge is 0.795 e. The fraction of sp³-hybridized carbons (Fsp3) is 0.385. The molecule has 0 aromatic heterocycles. The summed E-state index contributed by atoms with van der Waals surface area (Å²) >= 11 is 0.245. The summed E-state index contributed by atoms with van der Waals surface area (Å²) in [7, 11) is 0. The maximum atomic E-state index is 11.9. The molecule has 0 fully saturated rings. The van der Waals surface area contributed by atoms with Crippen molar-refractivity contribution in [1.29, 1.82) is 0 Å². The molecule has 0 aliphatic rings. The molecule has 0 saturated heterocycles. The molecule has 1 aromatic carbocycles. The Hall–Kier alpha value is -0.810. The van der Waals surface area contributed by atoms with Crippen LogP contribution in [-0.4, -0.2) is 34.2 Å². The van der Waals surface area contributed by atoms with Gasteiger partial charge in [-0.2, -0.15) is 0 Å². The Morgan fingerprint density at radius 2 is 2.09 bits per heavy atom. The molecular weight excluding hydrogens is 331 g/mol. The zero-order chi connectivity index (χ0) is 16.5. The predicted octanol–water partition coefficient (Wildman–Crippen LogP) is -2.88. The standard InChI is InChI=1S/C13H20N4O4S.Na/c14-10(2-1-5-16-13(15)20)12(19)17-9-4-3-8(7-18)11(6-9)22-21;/h3-4,6,10,18,21H,1-2,5,7,14H2,(H,17,19)(H3,15,16,20);/q;+1/p-1. The van der Waals surface area contributed by atoms with Crippen LogP contribution in [0.2, 0.25) is 0 Å². The molecule has 7 N–H and O–H groups in total. The summed E-state index contributed by atoms with van der Waals surface area (Å²) in [6.45, 7) is 0.101. The molecular formula is C13H19N4NaO4S. The fourth-order valence-corrected chi connectivity index (χ4v) is 2.15. The van der Waals surface area contributed by atoms with Gasteiger partial charge in [-0.25, -0.2) is 16.8 Å². The van der Waals surface area contributed by atoms with Crippen LogP contribution < -0.4 is 51.7 Å². The number of urea groups is 1. The minimum absolute atomic E-state index is 0. The Morgan fingerprint density at radius 3 is 2.65 bits per heavy atom. The van der Waals surface area contributed by atoms with E-state index in [1.54, 1.807) is 12.1 Å². The molecule has 0 bridgehead atoms. The van der Waals surface area contributed by atoms with Gasteiger partial charge in [-0.3, -0.25) is 4.79 Å². The maximum absolute atomic E-state index is 11.9. The minimum Gasteiger partial charge on any atom is -0.795 e. The number of aliphatic hydroxyl groups excluding tert-OH is 1. The molecule has 0 radical (unpaired) electrons. The third-order valence-corrected chi connectivity index (χ3v) is 3.48. The summed E-state index contributed by atoms with van der Waals surface area (Å²) in [6.07, 6.45) is 0.895. The molecule has 0 spiro atoms. The second kappa shape index (κ2) is 11.7. The van der Waals surface area contributed by atoms with E-state index in [1.807, 2.05) is 0 Å². The van der Waals surface area contributed by atoms with Crippen molar-refractivity contribution in [2.45, 2.75) is 30.4 Å². The third-order valence-electron chi connectivity index (χ3n) is 2.92. The van der Waals surface area contributed by atoms with Crippen molar-refractivity contribution >= 4 is 29.7 Å². The quantitative estimate of drug-likeness (QED) is 0.193. The molecule has 0 saturated carbocycles. The Bertz CT molecular complexity index is 533. The number of nitrogens with two attached hydrogens (primary N) is 2. The van der Waals surface area contributed by atoms with Crippen molar-refractivity contribution in [3.63, 3.8) is 0 Å². The van der Waals surface area contributed by atoms with E-state index in [2.05, 4.69) is 10.6 Å². The summed E-state index contributed by atoms with van der Waals surface area (Å²) in [5, 5.41) is 14.1. The number of aliphatic hydroxyl groups is 1. The van der Waals surface area contributed by atoms with Crippen molar-refractivity contribution in [1.82, 2.24) is 5.32 Å². The van der Waals surface area contributed by atoms with Gasteiger partial charge in [0.1, 0.15) is 0 Å². The van der Waals surface area contributed by atoms with Gasteiger partial charge in [0.15, 0.2) is 0 Å². The van der Waals surface area contributed by atoms with Crippen molar-refractivity contribution in [2.24, 2.45) is 11.5 Å². The molecule has 0 aliphatic heterocycles. The monoisotopic (exact) mass is 350 g/mol. The van der Waals surface area contributed by atoms with Gasteiger partial charge >= 0.3 is 35.6 Å². The van der Waals surface area contributed by atoms with Crippen molar-refractivity contribution in [3.05, 3.63) is 23.8 Å². The number of hydrogen-bond acceptors (Lipinski definition) is 6. The Balaban J connectivity index is 0.00000484. The van der Waals surface area contributed by atoms with E-state index in [4.69, 9.17) is 16.6 Å². The van der Waals surface area contributed by atoms with Gasteiger partial charge < -0.3 is 31.8 Å². The van der Waals surface area contributed by atoms with Crippen LogP contribution in [0.1, 0.15) is 18.4 Å². The molecule has 10 heteroatoms. The van der Waals surface area contributed by atoms with Crippen LogP contribution in [0.3, 0.4) is 0 Å². The molecule has 0 aliphatic carbocycles. The molecule has 122 valence electrons. The van der Waals surface area contributed by atoms with E-state index in [0.29, 0.717) is 35.5 Å². The van der Waals surface area contributed by atoms with Crippen molar-refractivity contribution in [3.8, 4) is 0 Å². The summed E-state index contributed by atoms with van der Waals surface area (Å²) in [6, 6.07) is 3.28. The van der Waals surface area contributed by atoms with E-state index in [0.717, 1.165) is 0 Å². The number of primary amides is 1. The van der Waals surface area contributed by atoms with Crippen LogP contribution in [0.5, 0.6) is 0 Å². The first-order chi connectivity index (χ1) is 10.5. The molecule has 3 amide bonds. The Kier molecular flexibility index (Phi) is 11.3. The molecule has 1 rings (SSSR count). The number of anilines is 1. The number of benzene rings is 1. The van der Waals surface area contributed by atoms with Crippen LogP contribution in [-0.2, 0) is 11.4 Å². The van der Waals surface area contributed by atoms with Crippen molar-refractivity contribution < 1.29 is 48.8 Å². The summed E-state index contributed by atoms with van der Waals surface area (Å²) in [4.78, 5) is 22.7. The Labute approximate surface area is 160 Å². The first kappa shape index (κ1) is 22.2. The molecule has 23 heavy (non-hydrogen) atoms. The minimum atomic E-state index is -0.740. The second-order valence-corrected chi connectivity index (χ2v) is 5.20. The molecule has 8 nitrogen and oxygen atoms in total. The molecule has 1 atom stereocenters. The van der Waals surface area contributed by atoms with E-state index < -0.39 is 18.0 Å². The SMILES string of the molecule is NC(=O)NCCCC(N)C(=O)Nc1ccc(CO)c(S[O-])c1.[Na+]. The molecule has 0 heterocycles. The second-order valence-electron chi connectivity index (χ2n) is 4.59. The topological polar surface area (TPSA) is 154 Å². The van der Waals surface area contributed by atoms with E-state index >= 15 is 0 Å². The van der Waals surface area contributed by atoms with Crippen LogP contribution in [0.25, 0.3) is 0 Å². The van der Waals surface area contributed by atoms with Gasteiger partial charge in [-0.15, -0.1) is 0 Å². The fourth-order valence-electron chi connectivity index (χ4n) is 1.74. The maximum Gasteiger partial charge on any atom is 1.00 e. The summed E-state index contributed by atoms with van der Waals surface area (Å²) < 4.78 is 10.9. The number of carbonyl (C=O) groups is 2.